The predicted molar refractivity (Wildman–Crippen MR) is 82.4 cm³/mol. The molecule has 0 unspecified atom stereocenters. The fraction of sp³-hybridized carbons (Fsp3) is 0.0714. The van der Waals surface area contributed by atoms with E-state index in [1.165, 1.54) is 42.6 Å². The molecule has 0 atom stereocenters. The van der Waals surface area contributed by atoms with Crippen LogP contribution in [-0.2, 0) is 10.0 Å². The SMILES string of the molecule is Cc1ccc(S(=O)(=O)[N-]/N=C\c2ccc([N+](=O)[O-])cc2)cc1. The molecule has 0 saturated heterocycles. The number of non-ortho nitro benzene ring substituents is 1. The van der Waals surface area contributed by atoms with Crippen LogP contribution in [0.4, 0.5) is 5.69 Å². The van der Waals surface area contributed by atoms with Crippen LogP contribution in [0.15, 0.2) is 58.5 Å². The van der Waals surface area contributed by atoms with Crippen LogP contribution in [0.1, 0.15) is 11.1 Å². The quantitative estimate of drug-likeness (QED) is 0.480. The molecule has 7 nitrogen and oxygen atoms in total. The average molecular weight is 318 g/mol. The highest BCUT2D eigenvalue weighted by Crippen LogP contribution is 2.17. The number of hydrogen-bond acceptors (Lipinski definition) is 5. The maximum absolute atomic E-state index is 11.9. The molecule has 0 radical (unpaired) electrons. The summed E-state index contributed by atoms with van der Waals surface area (Å²) in [6.07, 6.45) is 1.22. The first kappa shape index (κ1) is 15.6. The third kappa shape index (κ3) is 3.89. The van der Waals surface area contributed by atoms with Gasteiger partial charge in [0, 0.05) is 18.3 Å². The highest BCUT2D eigenvalue weighted by Gasteiger charge is 2.04. The Balaban J connectivity index is 2.08. The van der Waals surface area contributed by atoms with Gasteiger partial charge in [0.2, 0.25) is 0 Å². The van der Waals surface area contributed by atoms with Gasteiger partial charge in [-0.2, -0.15) is 0 Å². The Kier molecular flexibility index (Phi) is 4.52. The fourth-order valence-electron chi connectivity index (χ4n) is 1.59. The van der Waals surface area contributed by atoms with Gasteiger partial charge in [-0.3, -0.25) is 10.1 Å². The summed E-state index contributed by atoms with van der Waals surface area (Å²) in [5, 5.41) is 14.0. The van der Waals surface area contributed by atoms with Gasteiger partial charge in [-0.15, -0.1) is 0 Å². The van der Waals surface area contributed by atoms with E-state index >= 15 is 0 Å². The maximum atomic E-state index is 11.9. The lowest BCUT2D eigenvalue weighted by Gasteiger charge is -2.15. The van der Waals surface area contributed by atoms with Crippen LogP contribution >= 0.6 is 0 Å². The summed E-state index contributed by atoms with van der Waals surface area (Å²) in [7, 11) is -3.85. The Morgan fingerprint density at radius 1 is 1.09 bits per heavy atom. The summed E-state index contributed by atoms with van der Waals surface area (Å²) in [4.78, 5) is 13.4. The van der Waals surface area contributed by atoms with Crippen molar-refractivity contribution in [2.24, 2.45) is 5.10 Å². The maximum Gasteiger partial charge on any atom is 0.269 e. The van der Waals surface area contributed by atoms with Crippen LogP contribution in [0.3, 0.4) is 0 Å². The standard InChI is InChI=1S/C14H12N3O4S/c1-11-2-8-14(9-3-11)22(20,21)16-15-10-12-4-6-13(7-5-12)17(18)19/h2-10H,1H3/q-1/b15-10-. The van der Waals surface area contributed by atoms with Gasteiger partial charge >= 0.3 is 0 Å². The first-order chi connectivity index (χ1) is 10.4. The smallest absolute Gasteiger partial charge is 0.269 e. The van der Waals surface area contributed by atoms with Gasteiger partial charge in [-0.25, -0.2) is 8.42 Å². The van der Waals surface area contributed by atoms with E-state index in [0.29, 0.717) is 5.56 Å². The topological polar surface area (TPSA) is 104 Å². The Bertz CT molecular complexity index is 797. The van der Waals surface area contributed by atoms with E-state index in [4.69, 9.17) is 0 Å². The van der Waals surface area contributed by atoms with Crippen molar-refractivity contribution in [2.45, 2.75) is 11.8 Å². The van der Waals surface area contributed by atoms with Crippen molar-refractivity contribution >= 4 is 21.9 Å². The lowest BCUT2D eigenvalue weighted by Crippen LogP contribution is -1.97. The van der Waals surface area contributed by atoms with Gasteiger partial charge in [0.05, 0.1) is 9.82 Å². The van der Waals surface area contributed by atoms with E-state index in [9.17, 15) is 18.5 Å². The highest BCUT2D eigenvalue weighted by molar-refractivity contribution is 7.93. The molecule has 22 heavy (non-hydrogen) atoms. The number of hydrogen-bond donors (Lipinski definition) is 0. The summed E-state index contributed by atoms with van der Waals surface area (Å²) in [5.41, 5.74) is 1.39. The van der Waals surface area contributed by atoms with E-state index in [0.717, 1.165) is 5.56 Å². The third-order valence-corrected chi connectivity index (χ3v) is 3.96. The molecule has 0 heterocycles. The van der Waals surface area contributed by atoms with Crippen LogP contribution in [0, 0.1) is 17.0 Å². The number of sulfonamides is 1. The molecule has 2 aromatic rings. The number of nitro benzene ring substituents is 1. The minimum Gasteiger partial charge on any atom is -0.491 e. The molecule has 0 bridgehead atoms. The monoisotopic (exact) mass is 318 g/mol. The van der Waals surface area contributed by atoms with Crippen molar-refractivity contribution in [1.82, 2.24) is 0 Å². The van der Waals surface area contributed by atoms with Gasteiger partial charge in [-0.05, 0) is 36.8 Å². The van der Waals surface area contributed by atoms with Gasteiger partial charge in [0.25, 0.3) is 5.69 Å². The summed E-state index contributed by atoms with van der Waals surface area (Å²) in [6, 6.07) is 11.8. The third-order valence-electron chi connectivity index (χ3n) is 2.78. The van der Waals surface area contributed by atoms with E-state index < -0.39 is 14.9 Å². The molecule has 0 spiro atoms. The first-order valence-electron chi connectivity index (χ1n) is 6.20. The second kappa shape index (κ2) is 6.35. The van der Waals surface area contributed by atoms with E-state index in [1.54, 1.807) is 12.1 Å². The van der Waals surface area contributed by atoms with Crippen molar-refractivity contribution in [1.29, 1.82) is 0 Å². The first-order valence-corrected chi connectivity index (χ1v) is 7.64. The van der Waals surface area contributed by atoms with Crippen molar-refractivity contribution in [3.8, 4) is 0 Å². The van der Waals surface area contributed by atoms with Gasteiger partial charge in [0.1, 0.15) is 10.0 Å². The molecule has 0 N–H and O–H groups in total. The zero-order valence-electron chi connectivity index (χ0n) is 11.6. The largest absolute Gasteiger partial charge is 0.491 e. The Hall–Kier alpha value is -2.74. The zero-order chi connectivity index (χ0) is 16.2. The van der Waals surface area contributed by atoms with Crippen molar-refractivity contribution in [3.63, 3.8) is 0 Å². The molecule has 0 amide bonds. The predicted octanol–water partition coefficient (Wildman–Crippen LogP) is 3.00. The summed E-state index contributed by atoms with van der Waals surface area (Å²) in [5.74, 6) is 0. The number of benzene rings is 2. The minimum absolute atomic E-state index is 0.0543. The molecule has 2 rings (SSSR count). The number of rotatable bonds is 5. The summed E-state index contributed by atoms with van der Waals surface area (Å²) < 4.78 is 23.8. The van der Waals surface area contributed by atoms with E-state index in [1.807, 2.05) is 6.92 Å². The molecular weight excluding hydrogens is 306 g/mol. The zero-order valence-corrected chi connectivity index (χ0v) is 12.4. The molecule has 0 aliphatic heterocycles. The lowest BCUT2D eigenvalue weighted by atomic mass is 10.2. The molecule has 0 saturated carbocycles. The van der Waals surface area contributed by atoms with Gasteiger partial charge in [0.15, 0.2) is 0 Å². The molecule has 0 aromatic heterocycles. The highest BCUT2D eigenvalue weighted by atomic mass is 32.2. The molecular formula is C14H12N3O4S-. The van der Waals surface area contributed by atoms with Crippen molar-refractivity contribution < 1.29 is 13.3 Å². The Morgan fingerprint density at radius 3 is 2.23 bits per heavy atom. The molecule has 0 aliphatic rings. The molecule has 114 valence electrons. The van der Waals surface area contributed by atoms with Crippen molar-refractivity contribution in [3.05, 3.63) is 74.6 Å². The van der Waals surface area contributed by atoms with Gasteiger partial charge < -0.3 is 9.93 Å². The second-order valence-corrected chi connectivity index (χ2v) is 6.05. The molecule has 0 fully saturated rings. The lowest BCUT2D eigenvalue weighted by molar-refractivity contribution is -0.384. The second-order valence-electron chi connectivity index (χ2n) is 4.46. The number of nitro groups is 1. The summed E-state index contributed by atoms with van der Waals surface area (Å²) in [6.45, 7) is 1.85. The molecule has 8 heteroatoms. The fourth-order valence-corrected chi connectivity index (χ4v) is 2.34. The van der Waals surface area contributed by atoms with Crippen LogP contribution in [0.5, 0.6) is 0 Å². The van der Waals surface area contributed by atoms with E-state index in [-0.39, 0.29) is 10.6 Å². The van der Waals surface area contributed by atoms with Gasteiger partial charge in [-0.1, -0.05) is 17.7 Å². The summed E-state index contributed by atoms with van der Waals surface area (Å²) >= 11 is 0. The molecule has 2 aromatic carbocycles. The number of aryl methyl sites for hydroxylation is 1. The molecule has 0 aliphatic carbocycles. The minimum atomic E-state index is -3.85. The van der Waals surface area contributed by atoms with Crippen molar-refractivity contribution in [2.75, 3.05) is 0 Å². The average Bonchev–Trinajstić information content (AvgIpc) is 2.48. The normalized spacial score (nSPS) is 11.5. The Morgan fingerprint density at radius 2 is 1.68 bits per heavy atom. The van der Waals surface area contributed by atoms with E-state index in [2.05, 4.69) is 9.93 Å². The van der Waals surface area contributed by atoms with Crippen LogP contribution in [-0.4, -0.2) is 19.6 Å². The number of nitrogens with zero attached hydrogens (tertiary/aromatic N) is 3. The van der Waals surface area contributed by atoms with Crippen LogP contribution in [0.25, 0.3) is 4.83 Å². The van der Waals surface area contributed by atoms with Crippen LogP contribution in [0.2, 0.25) is 0 Å². The van der Waals surface area contributed by atoms with Crippen LogP contribution < -0.4 is 0 Å². The Labute approximate surface area is 127 Å².